The molecule has 1 amide bonds. The van der Waals surface area contributed by atoms with Gasteiger partial charge in [-0.15, -0.1) is 0 Å². The fourth-order valence-corrected chi connectivity index (χ4v) is 2.84. The molecule has 1 heterocycles. The van der Waals surface area contributed by atoms with E-state index in [0.717, 1.165) is 18.4 Å². The summed E-state index contributed by atoms with van der Waals surface area (Å²) < 4.78 is 0. The minimum absolute atomic E-state index is 0.0802. The van der Waals surface area contributed by atoms with Crippen LogP contribution in [0.25, 0.3) is 0 Å². The van der Waals surface area contributed by atoms with Crippen molar-refractivity contribution >= 4 is 17.5 Å². The van der Waals surface area contributed by atoms with Gasteiger partial charge in [-0.1, -0.05) is 17.7 Å². The highest BCUT2D eigenvalue weighted by atomic mass is 35.5. The Labute approximate surface area is 124 Å². The van der Waals surface area contributed by atoms with Crippen LogP contribution in [0.4, 0.5) is 0 Å². The lowest BCUT2D eigenvalue weighted by atomic mass is 9.92. The zero-order valence-corrected chi connectivity index (χ0v) is 12.2. The third kappa shape index (κ3) is 3.30. The van der Waals surface area contributed by atoms with E-state index in [9.17, 15) is 4.79 Å². The van der Waals surface area contributed by atoms with Crippen LogP contribution < -0.4 is 5.73 Å². The first-order valence-electron chi connectivity index (χ1n) is 6.73. The first-order chi connectivity index (χ1) is 9.51. The number of likely N-dealkylation sites (tertiary alicyclic amines) is 1. The number of rotatable bonds is 3. The SMILES string of the molecule is CC1CCC(C(N)=O)CN1Cc1ccc(C#N)cc1Cl. The predicted octanol–water partition coefficient (Wildman–Crippen LogP) is 2.30. The van der Waals surface area contributed by atoms with Crippen LogP contribution in [0, 0.1) is 17.2 Å². The monoisotopic (exact) mass is 291 g/mol. The molecule has 0 aromatic heterocycles. The maximum absolute atomic E-state index is 11.3. The highest BCUT2D eigenvalue weighted by molar-refractivity contribution is 6.31. The minimum Gasteiger partial charge on any atom is -0.369 e. The maximum Gasteiger partial charge on any atom is 0.221 e. The number of amides is 1. The zero-order valence-electron chi connectivity index (χ0n) is 11.5. The van der Waals surface area contributed by atoms with E-state index < -0.39 is 0 Å². The molecule has 1 aliphatic rings. The average Bonchev–Trinajstić information content (AvgIpc) is 2.42. The molecule has 4 nitrogen and oxygen atoms in total. The van der Waals surface area contributed by atoms with Gasteiger partial charge in [-0.25, -0.2) is 0 Å². The number of carbonyl (C=O) groups is 1. The molecule has 106 valence electrons. The molecular formula is C15H18ClN3O. The van der Waals surface area contributed by atoms with Crippen molar-refractivity contribution in [3.8, 4) is 6.07 Å². The average molecular weight is 292 g/mol. The first kappa shape index (κ1) is 14.8. The first-order valence-corrected chi connectivity index (χ1v) is 7.11. The van der Waals surface area contributed by atoms with Gasteiger partial charge in [0.1, 0.15) is 0 Å². The second-order valence-electron chi connectivity index (χ2n) is 5.37. The van der Waals surface area contributed by atoms with Crippen molar-refractivity contribution < 1.29 is 4.79 Å². The number of primary amides is 1. The number of nitriles is 1. The van der Waals surface area contributed by atoms with Gasteiger partial charge in [-0.05, 0) is 37.5 Å². The molecule has 2 atom stereocenters. The Kier molecular flexibility index (Phi) is 4.64. The number of hydrogen-bond donors (Lipinski definition) is 1. The van der Waals surface area contributed by atoms with E-state index in [0.29, 0.717) is 29.7 Å². The van der Waals surface area contributed by atoms with Crippen LogP contribution in [0.5, 0.6) is 0 Å². The van der Waals surface area contributed by atoms with Crippen LogP contribution in [-0.2, 0) is 11.3 Å². The van der Waals surface area contributed by atoms with E-state index in [-0.39, 0.29) is 11.8 Å². The Bertz CT molecular complexity index is 553. The second-order valence-corrected chi connectivity index (χ2v) is 5.78. The molecule has 1 aliphatic heterocycles. The molecule has 0 radical (unpaired) electrons. The molecule has 0 saturated carbocycles. The lowest BCUT2D eigenvalue weighted by Crippen LogP contribution is -2.45. The Morgan fingerprint density at radius 3 is 2.90 bits per heavy atom. The van der Waals surface area contributed by atoms with E-state index in [1.807, 2.05) is 6.07 Å². The van der Waals surface area contributed by atoms with Crippen molar-refractivity contribution in [1.29, 1.82) is 5.26 Å². The number of hydrogen-bond acceptors (Lipinski definition) is 3. The predicted molar refractivity (Wildman–Crippen MR) is 78.0 cm³/mol. The molecule has 2 N–H and O–H groups in total. The van der Waals surface area contributed by atoms with E-state index >= 15 is 0 Å². The van der Waals surface area contributed by atoms with Gasteiger partial charge >= 0.3 is 0 Å². The zero-order chi connectivity index (χ0) is 14.7. The summed E-state index contributed by atoms with van der Waals surface area (Å²) in [5.41, 5.74) is 6.94. The number of halogens is 1. The molecule has 1 aromatic rings. The second kappa shape index (κ2) is 6.25. The highest BCUT2D eigenvalue weighted by Crippen LogP contribution is 2.26. The van der Waals surface area contributed by atoms with Gasteiger partial charge in [0.2, 0.25) is 5.91 Å². The van der Waals surface area contributed by atoms with E-state index in [1.165, 1.54) is 0 Å². The number of piperidine rings is 1. The van der Waals surface area contributed by atoms with Gasteiger partial charge in [-0.2, -0.15) is 5.26 Å². The Balaban J connectivity index is 2.12. The fourth-order valence-electron chi connectivity index (χ4n) is 2.60. The molecule has 2 rings (SSSR count). The van der Waals surface area contributed by atoms with Gasteiger partial charge in [0.15, 0.2) is 0 Å². The number of carbonyl (C=O) groups excluding carboxylic acids is 1. The van der Waals surface area contributed by atoms with Gasteiger partial charge in [0.05, 0.1) is 17.6 Å². The van der Waals surface area contributed by atoms with E-state index in [4.69, 9.17) is 22.6 Å². The largest absolute Gasteiger partial charge is 0.369 e. The van der Waals surface area contributed by atoms with Crippen LogP contribution in [0.1, 0.15) is 30.9 Å². The van der Waals surface area contributed by atoms with Gasteiger partial charge in [0, 0.05) is 24.2 Å². The van der Waals surface area contributed by atoms with Crippen LogP contribution in [0.2, 0.25) is 5.02 Å². The Hall–Kier alpha value is -1.57. The molecule has 20 heavy (non-hydrogen) atoms. The summed E-state index contributed by atoms with van der Waals surface area (Å²) in [6.45, 7) is 3.50. The third-order valence-corrected chi connectivity index (χ3v) is 4.32. The van der Waals surface area contributed by atoms with E-state index in [1.54, 1.807) is 12.1 Å². The van der Waals surface area contributed by atoms with Gasteiger partial charge in [0.25, 0.3) is 0 Å². The Morgan fingerprint density at radius 2 is 2.30 bits per heavy atom. The minimum atomic E-state index is -0.229. The van der Waals surface area contributed by atoms with Crippen LogP contribution in [0.15, 0.2) is 18.2 Å². The molecular weight excluding hydrogens is 274 g/mol. The summed E-state index contributed by atoms with van der Waals surface area (Å²) >= 11 is 6.20. The fraction of sp³-hybridized carbons (Fsp3) is 0.467. The maximum atomic E-state index is 11.3. The van der Waals surface area contributed by atoms with Crippen molar-refractivity contribution in [2.24, 2.45) is 11.7 Å². The molecule has 1 fully saturated rings. The van der Waals surface area contributed by atoms with Crippen molar-refractivity contribution in [2.75, 3.05) is 6.54 Å². The normalized spacial score (nSPS) is 23.2. The van der Waals surface area contributed by atoms with Crippen molar-refractivity contribution in [3.05, 3.63) is 34.3 Å². The summed E-state index contributed by atoms with van der Waals surface area (Å²) in [6, 6.07) is 7.79. The number of benzene rings is 1. The van der Waals surface area contributed by atoms with Gasteiger partial charge in [-0.3, -0.25) is 9.69 Å². The molecule has 2 unspecified atom stereocenters. The summed E-state index contributed by atoms with van der Waals surface area (Å²) in [7, 11) is 0. The van der Waals surface area contributed by atoms with Crippen molar-refractivity contribution in [2.45, 2.75) is 32.4 Å². The summed E-state index contributed by atoms with van der Waals surface area (Å²) in [5, 5.41) is 9.44. The van der Waals surface area contributed by atoms with Gasteiger partial charge < -0.3 is 5.73 Å². The molecule has 5 heteroatoms. The summed E-state index contributed by atoms with van der Waals surface area (Å²) in [4.78, 5) is 13.6. The number of nitrogens with two attached hydrogens (primary N) is 1. The molecule has 1 saturated heterocycles. The molecule has 0 aliphatic carbocycles. The molecule has 0 spiro atoms. The quantitative estimate of drug-likeness (QED) is 0.929. The summed E-state index contributed by atoms with van der Waals surface area (Å²) in [5.74, 6) is -0.309. The third-order valence-electron chi connectivity index (χ3n) is 3.97. The van der Waals surface area contributed by atoms with Crippen molar-refractivity contribution in [3.63, 3.8) is 0 Å². The highest BCUT2D eigenvalue weighted by Gasteiger charge is 2.28. The smallest absolute Gasteiger partial charge is 0.221 e. The standard InChI is InChI=1S/C15H18ClN3O/c1-10-2-4-13(15(18)20)9-19(10)8-12-5-3-11(7-17)6-14(12)16/h3,5-6,10,13H,2,4,8-9H2,1H3,(H2,18,20). The van der Waals surface area contributed by atoms with Crippen molar-refractivity contribution in [1.82, 2.24) is 4.90 Å². The van der Waals surface area contributed by atoms with Crippen LogP contribution >= 0.6 is 11.6 Å². The molecule has 0 bridgehead atoms. The van der Waals surface area contributed by atoms with Crippen LogP contribution in [-0.4, -0.2) is 23.4 Å². The van der Waals surface area contributed by atoms with Crippen LogP contribution in [0.3, 0.4) is 0 Å². The molecule has 1 aromatic carbocycles. The number of nitrogens with zero attached hydrogens (tertiary/aromatic N) is 2. The lowest BCUT2D eigenvalue weighted by molar-refractivity contribution is -0.124. The lowest BCUT2D eigenvalue weighted by Gasteiger charge is -2.37. The topological polar surface area (TPSA) is 70.1 Å². The van der Waals surface area contributed by atoms with E-state index in [2.05, 4.69) is 17.9 Å². The summed E-state index contributed by atoms with van der Waals surface area (Å²) in [6.07, 6.45) is 1.82. The Morgan fingerprint density at radius 1 is 1.55 bits per heavy atom.